The average molecular weight is 293 g/mol. The molecular weight excluding hydrogens is 270 g/mol. The second kappa shape index (κ2) is 7.40. The van der Waals surface area contributed by atoms with Crippen molar-refractivity contribution >= 4 is 6.03 Å². The van der Waals surface area contributed by atoms with Gasteiger partial charge in [0.2, 0.25) is 0 Å². The lowest BCUT2D eigenvalue weighted by atomic mass is 10.1. The first-order valence-electron chi connectivity index (χ1n) is 7.29. The van der Waals surface area contributed by atoms with Crippen LogP contribution in [0.1, 0.15) is 30.5 Å². The lowest BCUT2D eigenvalue weighted by molar-refractivity contribution is -0.107. The topological polar surface area (TPSA) is 96.6 Å². The lowest BCUT2D eigenvalue weighted by Gasteiger charge is -2.20. The van der Waals surface area contributed by atoms with Crippen LogP contribution in [0.2, 0.25) is 0 Å². The van der Waals surface area contributed by atoms with Gasteiger partial charge in [-0.3, -0.25) is 0 Å². The number of fused-ring (bicyclic) bond motifs is 1. The van der Waals surface area contributed by atoms with Crippen LogP contribution in [0, 0.1) is 0 Å². The van der Waals surface area contributed by atoms with Gasteiger partial charge < -0.3 is 26.2 Å². The number of carbonyl (C=O) groups is 1. The standard InChI is InChI=1S/C15H23N3O3/c1-2-21-14(19)12(16)9-17-15(20)18-13-8-7-10-5-3-4-6-11(10)13/h3-6,12-14,19H,2,7-9,16H2,1H3,(H2,17,18,20)/t12-,13+,14?/m0/s1. The van der Waals surface area contributed by atoms with Crippen molar-refractivity contribution in [1.82, 2.24) is 10.6 Å². The van der Waals surface area contributed by atoms with Crippen molar-refractivity contribution in [2.24, 2.45) is 5.73 Å². The number of aryl methyl sites for hydroxylation is 1. The van der Waals surface area contributed by atoms with E-state index in [4.69, 9.17) is 10.5 Å². The van der Waals surface area contributed by atoms with E-state index in [9.17, 15) is 9.90 Å². The smallest absolute Gasteiger partial charge is 0.315 e. The summed E-state index contributed by atoms with van der Waals surface area (Å²) >= 11 is 0. The maximum atomic E-state index is 11.9. The highest BCUT2D eigenvalue weighted by molar-refractivity contribution is 5.74. The summed E-state index contributed by atoms with van der Waals surface area (Å²) in [5, 5.41) is 15.1. The summed E-state index contributed by atoms with van der Waals surface area (Å²) in [6.07, 6.45) is 0.812. The first kappa shape index (κ1) is 15.8. The highest BCUT2D eigenvalue weighted by Gasteiger charge is 2.23. The van der Waals surface area contributed by atoms with Gasteiger partial charge in [0.25, 0.3) is 0 Å². The summed E-state index contributed by atoms with van der Waals surface area (Å²) in [5.74, 6) is 0. The molecule has 116 valence electrons. The molecule has 0 spiro atoms. The number of aliphatic hydroxyl groups is 1. The largest absolute Gasteiger partial charge is 0.367 e. The Kier molecular flexibility index (Phi) is 5.55. The van der Waals surface area contributed by atoms with Crippen LogP contribution < -0.4 is 16.4 Å². The number of aliphatic hydroxyl groups excluding tert-OH is 1. The Morgan fingerprint density at radius 2 is 2.29 bits per heavy atom. The van der Waals surface area contributed by atoms with Crippen molar-refractivity contribution < 1.29 is 14.6 Å². The summed E-state index contributed by atoms with van der Waals surface area (Å²) in [6, 6.07) is 7.22. The van der Waals surface area contributed by atoms with Crippen molar-refractivity contribution in [1.29, 1.82) is 0 Å². The van der Waals surface area contributed by atoms with Crippen LogP contribution in [0.5, 0.6) is 0 Å². The summed E-state index contributed by atoms with van der Waals surface area (Å²) in [7, 11) is 0. The van der Waals surface area contributed by atoms with Gasteiger partial charge in [-0.15, -0.1) is 0 Å². The Balaban J connectivity index is 1.78. The third-order valence-electron chi connectivity index (χ3n) is 3.64. The molecule has 0 saturated heterocycles. The fourth-order valence-electron chi connectivity index (χ4n) is 2.52. The molecule has 2 amide bonds. The third kappa shape index (κ3) is 4.17. The van der Waals surface area contributed by atoms with Gasteiger partial charge in [-0.25, -0.2) is 4.79 Å². The zero-order chi connectivity index (χ0) is 15.2. The summed E-state index contributed by atoms with van der Waals surface area (Å²) in [4.78, 5) is 11.9. The Labute approximate surface area is 124 Å². The van der Waals surface area contributed by atoms with Crippen LogP contribution >= 0.6 is 0 Å². The molecule has 1 unspecified atom stereocenters. The Hall–Kier alpha value is -1.63. The molecule has 6 heteroatoms. The molecule has 1 aliphatic carbocycles. The first-order valence-corrected chi connectivity index (χ1v) is 7.29. The van der Waals surface area contributed by atoms with Gasteiger partial charge in [-0.1, -0.05) is 24.3 Å². The van der Waals surface area contributed by atoms with Crippen LogP contribution in [0.4, 0.5) is 4.79 Å². The van der Waals surface area contributed by atoms with Gasteiger partial charge in [0.15, 0.2) is 6.29 Å². The van der Waals surface area contributed by atoms with E-state index in [1.54, 1.807) is 6.92 Å². The predicted molar refractivity (Wildman–Crippen MR) is 79.6 cm³/mol. The van der Waals surface area contributed by atoms with Gasteiger partial charge in [-0.05, 0) is 30.9 Å². The Morgan fingerprint density at radius 1 is 1.52 bits per heavy atom. The lowest BCUT2D eigenvalue weighted by Crippen LogP contribution is -2.48. The predicted octanol–water partition coefficient (Wildman–Crippen LogP) is 0.655. The molecule has 0 heterocycles. The molecule has 3 atom stereocenters. The maximum Gasteiger partial charge on any atom is 0.315 e. The number of urea groups is 1. The minimum atomic E-state index is -1.07. The second-order valence-electron chi connectivity index (χ2n) is 5.15. The number of carbonyl (C=O) groups excluding carboxylic acids is 1. The minimum absolute atomic E-state index is 0.0363. The van der Waals surface area contributed by atoms with E-state index >= 15 is 0 Å². The Bertz CT molecular complexity index is 481. The van der Waals surface area contributed by atoms with Crippen LogP contribution in [0.25, 0.3) is 0 Å². The minimum Gasteiger partial charge on any atom is -0.367 e. The Morgan fingerprint density at radius 3 is 3.05 bits per heavy atom. The summed E-state index contributed by atoms with van der Waals surface area (Å²) in [5.41, 5.74) is 8.17. The summed E-state index contributed by atoms with van der Waals surface area (Å²) in [6.45, 7) is 2.30. The zero-order valence-electron chi connectivity index (χ0n) is 12.2. The second-order valence-corrected chi connectivity index (χ2v) is 5.15. The molecule has 1 aliphatic rings. The van der Waals surface area contributed by atoms with Crippen LogP contribution in [0.15, 0.2) is 24.3 Å². The quantitative estimate of drug-likeness (QED) is 0.579. The molecule has 1 aromatic carbocycles. The van der Waals surface area contributed by atoms with Gasteiger partial charge in [-0.2, -0.15) is 0 Å². The van der Waals surface area contributed by atoms with E-state index in [0.717, 1.165) is 12.8 Å². The molecule has 0 aliphatic heterocycles. The number of ether oxygens (including phenoxy) is 1. The highest BCUT2D eigenvalue weighted by atomic mass is 16.6. The van der Waals surface area contributed by atoms with Crippen LogP contribution in [0.3, 0.4) is 0 Å². The van der Waals surface area contributed by atoms with E-state index in [-0.39, 0.29) is 18.6 Å². The number of amides is 2. The zero-order valence-corrected chi connectivity index (χ0v) is 12.2. The number of hydrogen-bond donors (Lipinski definition) is 4. The molecule has 0 aromatic heterocycles. The molecule has 0 saturated carbocycles. The van der Waals surface area contributed by atoms with Gasteiger partial charge >= 0.3 is 6.03 Å². The number of hydrogen-bond acceptors (Lipinski definition) is 4. The molecule has 1 aromatic rings. The van der Waals surface area contributed by atoms with Gasteiger partial charge in [0.05, 0.1) is 12.1 Å². The number of benzene rings is 1. The number of nitrogens with one attached hydrogen (secondary N) is 2. The van der Waals surface area contributed by atoms with Crippen molar-refractivity contribution in [3.05, 3.63) is 35.4 Å². The fourth-order valence-corrected chi connectivity index (χ4v) is 2.52. The molecule has 21 heavy (non-hydrogen) atoms. The van der Waals surface area contributed by atoms with E-state index in [2.05, 4.69) is 16.7 Å². The summed E-state index contributed by atoms with van der Waals surface area (Å²) < 4.78 is 4.97. The first-order chi connectivity index (χ1) is 10.1. The molecule has 0 radical (unpaired) electrons. The molecular formula is C15H23N3O3. The fraction of sp³-hybridized carbons (Fsp3) is 0.533. The molecule has 0 bridgehead atoms. The van der Waals surface area contributed by atoms with E-state index in [0.29, 0.717) is 6.61 Å². The van der Waals surface area contributed by atoms with Crippen molar-refractivity contribution in [2.75, 3.05) is 13.2 Å². The highest BCUT2D eigenvalue weighted by Crippen LogP contribution is 2.30. The monoisotopic (exact) mass is 293 g/mol. The average Bonchev–Trinajstić information content (AvgIpc) is 2.88. The van der Waals surface area contributed by atoms with Crippen molar-refractivity contribution in [2.45, 2.75) is 38.1 Å². The van der Waals surface area contributed by atoms with E-state index < -0.39 is 12.3 Å². The van der Waals surface area contributed by atoms with E-state index in [1.807, 2.05) is 18.2 Å². The van der Waals surface area contributed by atoms with Gasteiger partial charge in [0.1, 0.15) is 0 Å². The van der Waals surface area contributed by atoms with Crippen molar-refractivity contribution in [3.8, 4) is 0 Å². The maximum absolute atomic E-state index is 11.9. The SMILES string of the molecule is CCOC(O)[C@@H](N)CNC(=O)N[C@@H]1CCc2ccccc21. The van der Waals surface area contributed by atoms with Gasteiger partial charge in [0, 0.05) is 13.2 Å². The van der Waals surface area contributed by atoms with Crippen molar-refractivity contribution in [3.63, 3.8) is 0 Å². The third-order valence-corrected chi connectivity index (χ3v) is 3.64. The number of nitrogens with two attached hydrogens (primary N) is 1. The molecule has 5 N–H and O–H groups in total. The van der Waals surface area contributed by atoms with E-state index in [1.165, 1.54) is 11.1 Å². The molecule has 2 rings (SSSR count). The van der Waals surface area contributed by atoms with Crippen LogP contribution in [-0.4, -0.2) is 36.6 Å². The number of rotatable bonds is 6. The normalized spacial score (nSPS) is 19.7. The molecule has 0 fully saturated rings. The molecule has 6 nitrogen and oxygen atoms in total. The van der Waals surface area contributed by atoms with Crippen LogP contribution in [-0.2, 0) is 11.2 Å².